The van der Waals surface area contributed by atoms with Gasteiger partial charge in [-0.05, 0) is 19.1 Å². The fourth-order valence-corrected chi connectivity index (χ4v) is 3.10. The maximum atomic E-state index is 12.6. The normalized spacial score (nSPS) is 10.2. The van der Waals surface area contributed by atoms with E-state index in [1.807, 2.05) is 17.5 Å². The van der Waals surface area contributed by atoms with Crippen LogP contribution in [0.2, 0.25) is 0 Å². The molecule has 0 aliphatic carbocycles. The van der Waals surface area contributed by atoms with Gasteiger partial charge in [0.25, 0.3) is 5.91 Å². The lowest BCUT2D eigenvalue weighted by Crippen LogP contribution is -2.12. The summed E-state index contributed by atoms with van der Waals surface area (Å²) in [4.78, 5) is 29.2. The second-order valence-corrected chi connectivity index (χ2v) is 6.35. The van der Waals surface area contributed by atoms with Crippen LogP contribution in [0.1, 0.15) is 22.8 Å². The van der Waals surface area contributed by atoms with Crippen LogP contribution in [0.4, 0.5) is 5.13 Å². The van der Waals surface area contributed by atoms with Crippen molar-refractivity contribution in [1.29, 1.82) is 0 Å². The van der Waals surface area contributed by atoms with Gasteiger partial charge in [-0.1, -0.05) is 11.1 Å². The van der Waals surface area contributed by atoms with Gasteiger partial charge < -0.3 is 4.52 Å². The van der Waals surface area contributed by atoms with Gasteiger partial charge in [0, 0.05) is 29.5 Å². The SMILES string of the molecule is CC#Cc1ccc(-c2csc(NC(=O)c3cnoc3-c3cncnc3)n2)nc1. The van der Waals surface area contributed by atoms with Gasteiger partial charge in [0.2, 0.25) is 0 Å². The molecule has 9 heteroatoms. The number of anilines is 1. The van der Waals surface area contributed by atoms with E-state index in [0.29, 0.717) is 27.8 Å². The molecule has 0 fully saturated rings. The first kappa shape index (κ1) is 17.5. The molecular formula is C19H12N6O2S. The average Bonchev–Trinajstić information content (AvgIpc) is 3.39. The highest BCUT2D eigenvalue weighted by molar-refractivity contribution is 7.14. The molecule has 1 N–H and O–H groups in total. The van der Waals surface area contributed by atoms with Crippen molar-refractivity contribution in [1.82, 2.24) is 25.1 Å². The molecular weight excluding hydrogens is 376 g/mol. The lowest BCUT2D eigenvalue weighted by atomic mass is 10.1. The Bertz CT molecular complexity index is 1170. The average molecular weight is 388 g/mol. The van der Waals surface area contributed by atoms with Crippen molar-refractivity contribution in [3.63, 3.8) is 0 Å². The van der Waals surface area contributed by atoms with E-state index in [2.05, 4.69) is 42.3 Å². The minimum Gasteiger partial charge on any atom is -0.355 e. The summed E-state index contributed by atoms with van der Waals surface area (Å²) in [5.74, 6) is 5.68. The van der Waals surface area contributed by atoms with Crippen molar-refractivity contribution in [2.24, 2.45) is 0 Å². The minimum absolute atomic E-state index is 0.271. The number of carbonyl (C=O) groups excluding carboxylic acids is 1. The molecule has 0 aliphatic heterocycles. The molecule has 0 saturated carbocycles. The maximum absolute atomic E-state index is 12.6. The molecule has 0 atom stereocenters. The van der Waals surface area contributed by atoms with Crippen LogP contribution in [0.5, 0.6) is 0 Å². The Balaban J connectivity index is 1.52. The van der Waals surface area contributed by atoms with Gasteiger partial charge in [0.1, 0.15) is 17.6 Å². The van der Waals surface area contributed by atoms with E-state index in [0.717, 1.165) is 5.56 Å². The molecule has 0 aromatic carbocycles. The van der Waals surface area contributed by atoms with Crippen LogP contribution >= 0.6 is 11.3 Å². The van der Waals surface area contributed by atoms with E-state index < -0.39 is 0 Å². The minimum atomic E-state index is -0.387. The zero-order chi connectivity index (χ0) is 19.3. The molecule has 0 aliphatic rings. The molecule has 4 rings (SSSR count). The molecule has 0 spiro atoms. The predicted octanol–water partition coefficient (Wildman–Crippen LogP) is 3.27. The van der Waals surface area contributed by atoms with Crippen LogP contribution in [-0.4, -0.2) is 31.0 Å². The summed E-state index contributed by atoms with van der Waals surface area (Å²) in [6.07, 6.45) is 7.52. The molecule has 28 heavy (non-hydrogen) atoms. The van der Waals surface area contributed by atoms with Crippen molar-refractivity contribution in [2.75, 3.05) is 5.32 Å². The summed E-state index contributed by atoms with van der Waals surface area (Å²) < 4.78 is 5.19. The number of nitrogens with zero attached hydrogens (tertiary/aromatic N) is 5. The number of carbonyl (C=O) groups is 1. The van der Waals surface area contributed by atoms with E-state index in [1.54, 1.807) is 25.5 Å². The van der Waals surface area contributed by atoms with Crippen LogP contribution in [-0.2, 0) is 0 Å². The third kappa shape index (κ3) is 3.62. The van der Waals surface area contributed by atoms with Crippen LogP contribution < -0.4 is 5.32 Å². The molecule has 4 aromatic rings. The molecule has 8 nitrogen and oxygen atoms in total. The Kier molecular flexibility index (Phi) is 4.86. The second-order valence-electron chi connectivity index (χ2n) is 5.49. The number of amides is 1. The Hall–Kier alpha value is -3.90. The highest BCUT2D eigenvalue weighted by atomic mass is 32.1. The van der Waals surface area contributed by atoms with Gasteiger partial charge in [-0.3, -0.25) is 15.1 Å². The van der Waals surface area contributed by atoms with Crippen molar-refractivity contribution in [3.8, 4) is 34.6 Å². The largest absolute Gasteiger partial charge is 0.355 e. The number of nitrogens with one attached hydrogen (secondary N) is 1. The van der Waals surface area contributed by atoms with Gasteiger partial charge in [0.15, 0.2) is 10.9 Å². The number of hydrogen-bond acceptors (Lipinski definition) is 8. The van der Waals surface area contributed by atoms with E-state index in [1.165, 1.54) is 23.9 Å². The zero-order valence-electron chi connectivity index (χ0n) is 14.6. The van der Waals surface area contributed by atoms with Crippen molar-refractivity contribution >= 4 is 22.4 Å². The predicted molar refractivity (Wildman–Crippen MR) is 103 cm³/mol. The Morgan fingerprint density at radius 1 is 1.14 bits per heavy atom. The zero-order valence-corrected chi connectivity index (χ0v) is 15.4. The molecule has 0 radical (unpaired) electrons. The third-order valence-corrected chi connectivity index (χ3v) is 4.42. The number of aromatic nitrogens is 5. The molecule has 1 amide bonds. The van der Waals surface area contributed by atoms with E-state index in [-0.39, 0.29) is 11.5 Å². The number of pyridine rings is 1. The maximum Gasteiger partial charge on any atom is 0.263 e. The topological polar surface area (TPSA) is 107 Å². The summed E-state index contributed by atoms with van der Waals surface area (Å²) in [6, 6.07) is 3.72. The lowest BCUT2D eigenvalue weighted by molar-refractivity contribution is 0.102. The number of rotatable bonds is 4. The molecule has 4 heterocycles. The molecule has 0 saturated heterocycles. The van der Waals surface area contributed by atoms with Gasteiger partial charge >= 0.3 is 0 Å². The van der Waals surface area contributed by atoms with Crippen LogP contribution in [0.3, 0.4) is 0 Å². The Labute approximate surface area is 163 Å². The second kappa shape index (κ2) is 7.77. The van der Waals surface area contributed by atoms with Crippen LogP contribution in [0.25, 0.3) is 22.7 Å². The van der Waals surface area contributed by atoms with Crippen LogP contribution in [0, 0.1) is 11.8 Å². The summed E-state index contributed by atoms with van der Waals surface area (Å²) in [7, 11) is 0. The fourth-order valence-electron chi connectivity index (χ4n) is 2.40. The summed E-state index contributed by atoms with van der Waals surface area (Å²) in [6.45, 7) is 1.77. The first-order chi connectivity index (χ1) is 13.7. The molecule has 4 aromatic heterocycles. The highest BCUT2D eigenvalue weighted by Crippen LogP contribution is 2.26. The lowest BCUT2D eigenvalue weighted by Gasteiger charge is -2.01. The van der Waals surface area contributed by atoms with Gasteiger partial charge in [-0.2, -0.15) is 0 Å². The third-order valence-electron chi connectivity index (χ3n) is 3.66. The van der Waals surface area contributed by atoms with Gasteiger partial charge in [-0.25, -0.2) is 15.0 Å². The number of hydrogen-bond donors (Lipinski definition) is 1. The summed E-state index contributed by atoms with van der Waals surface area (Å²) >= 11 is 1.30. The van der Waals surface area contributed by atoms with Crippen molar-refractivity contribution in [2.45, 2.75) is 6.92 Å². The quantitative estimate of drug-likeness (QED) is 0.535. The molecule has 136 valence electrons. The molecule has 0 bridgehead atoms. The first-order valence-electron chi connectivity index (χ1n) is 8.10. The van der Waals surface area contributed by atoms with Gasteiger partial charge in [0.05, 0.1) is 17.5 Å². The van der Waals surface area contributed by atoms with Crippen molar-refractivity contribution < 1.29 is 9.32 Å². The monoisotopic (exact) mass is 388 g/mol. The highest BCUT2D eigenvalue weighted by Gasteiger charge is 2.19. The Morgan fingerprint density at radius 3 is 2.75 bits per heavy atom. The first-order valence-corrected chi connectivity index (χ1v) is 8.98. The molecule has 0 unspecified atom stereocenters. The fraction of sp³-hybridized carbons (Fsp3) is 0.0526. The van der Waals surface area contributed by atoms with E-state index in [4.69, 9.17) is 4.52 Å². The Morgan fingerprint density at radius 2 is 2.00 bits per heavy atom. The van der Waals surface area contributed by atoms with E-state index >= 15 is 0 Å². The summed E-state index contributed by atoms with van der Waals surface area (Å²) in [5, 5.41) is 8.72. The number of thiazole rings is 1. The summed E-state index contributed by atoms with van der Waals surface area (Å²) in [5.41, 5.74) is 3.03. The van der Waals surface area contributed by atoms with Gasteiger partial charge in [-0.15, -0.1) is 17.3 Å². The standard InChI is InChI=1S/C19H12N6O2S/c1-2-3-12-4-5-15(22-6-12)16-10-28-19(24-16)25-18(26)14-9-23-27-17(14)13-7-20-11-21-8-13/h4-11H,1H3,(H,24,25,26). The van der Waals surface area contributed by atoms with E-state index in [9.17, 15) is 4.79 Å². The van der Waals surface area contributed by atoms with Crippen molar-refractivity contribution in [3.05, 3.63) is 59.8 Å². The van der Waals surface area contributed by atoms with Crippen LogP contribution in [0.15, 0.2) is 53.2 Å². The smallest absolute Gasteiger partial charge is 0.263 e.